The third-order valence-corrected chi connectivity index (χ3v) is 7.46. The summed E-state index contributed by atoms with van der Waals surface area (Å²) in [5.74, 6) is 0.830. The quantitative estimate of drug-likeness (QED) is 0.311. The molecule has 5 rings (SSSR count). The number of amides is 1. The Bertz CT molecular complexity index is 1470. The molecule has 1 aromatic carbocycles. The van der Waals surface area contributed by atoms with E-state index in [-0.39, 0.29) is 18.0 Å². The van der Waals surface area contributed by atoms with E-state index in [4.69, 9.17) is 12.2 Å². The lowest BCUT2D eigenvalue weighted by atomic mass is 9.96. The van der Waals surface area contributed by atoms with Gasteiger partial charge in [0.2, 0.25) is 5.91 Å². The minimum atomic E-state index is -0.150. The van der Waals surface area contributed by atoms with Crippen molar-refractivity contribution in [3.8, 4) is 5.82 Å². The Morgan fingerprint density at radius 1 is 1.00 bits per heavy atom. The van der Waals surface area contributed by atoms with Gasteiger partial charge in [0.1, 0.15) is 5.82 Å². The lowest BCUT2D eigenvalue weighted by Crippen LogP contribution is -2.33. The van der Waals surface area contributed by atoms with Crippen LogP contribution in [-0.2, 0) is 4.79 Å². The molecule has 0 aliphatic carbocycles. The second-order valence-electron chi connectivity index (χ2n) is 9.79. The molecular weight excluding hydrogens is 492 g/mol. The number of pyridine rings is 2. The molecule has 2 N–H and O–H groups in total. The van der Waals surface area contributed by atoms with Gasteiger partial charge in [0.05, 0.1) is 17.8 Å². The van der Waals surface area contributed by atoms with Crippen molar-refractivity contribution in [2.75, 3.05) is 11.9 Å². The maximum absolute atomic E-state index is 13.0. The number of hydrogen-bond acceptors (Lipinski definition) is 4. The van der Waals surface area contributed by atoms with Gasteiger partial charge in [0.15, 0.2) is 5.11 Å². The number of nitrogens with one attached hydrogen (secondary N) is 2. The van der Waals surface area contributed by atoms with Gasteiger partial charge in [-0.15, -0.1) is 0 Å². The van der Waals surface area contributed by atoms with Crippen molar-refractivity contribution < 1.29 is 4.79 Å². The number of carbonyl (C=O) groups is 1. The topological polar surface area (TPSA) is 75.1 Å². The number of aromatic nitrogens is 3. The predicted octanol–water partition coefficient (Wildman–Crippen LogP) is 5.50. The number of thiocarbonyl (C=S) groups is 1. The molecule has 3 aromatic heterocycles. The van der Waals surface area contributed by atoms with Crippen LogP contribution in [0.3, 0.4) is 0 Å². The highest BCUT2D eigenvalue weighted by Crippen LogP contribution is 2.41. The Hall–Kier alpha value is -4.04. The molecule has 1 saturated heterocycles. The van der Waals surface area contributed by atoms with Gasteiger partial charge in [-0.1, -0.05) is 24.3 Å². The SMILES string of the molecule is Cc1ccc(C)c(NC(=O)CCN2C(=S)NC(c3ccccn3)C2c2cc(C)n(-c3ccccn3)c2C)c1. The van der Waals surface area contributed by atoms with Gasteiger partial charge >= 0.3 is 0 Å². The van der Waals surface area contributed by atoms with Crippen molar-refractivity contribution in [1.82, 2.24) is 24.8 Å². The summed E-state index contributed by atoms with van der Waals surface area (Å²) in [6, 6.07) is 19.8. The number of benzene rings is 1. The number of nitrogens with zero attached hydrogens (tertiary/aromatic N) is 4. The number of hydrogen-bond donors (Lipinski definition) is 2. The van der Waals surface area contributed by atoms with Gasteiger partial charge in [-0.2, -0.15) is 0 Å². The Morgan fingerprint density at radius 3 is 2.47 bits per heavy atom. The molecule has 0 saturated carbocycles. The maximum atomic E-state index is 13.0. The highest BCUT2D eigenvalue weighted by atomic mass is 32.1. The van der Waals surface area contributed by atoms with Crippen LogP contribution in [-0.4, -0.2) is 37.0 Å². The summed E-state index contributed by atoms with van der Waals surface area (Å²) < 4.78 is 2.16. The third-order valence-electron chi connectivity index (χ3n) is 7.11. The molecule has 0 spiro atoms. The smallest absolute Gasteiger partial charge is 0.226 e. The van der Waals surface area contributed by atoms with Gasteiger partial charge < -0.3 is 20.1 Å². The fraction of sp³-hybridized carbons (Fsp3) is 0.267. The second-order valence-corrected chi connectivity index (χ2v) is 10.2. The normalized spacial score (nSPS) is 16.9. The van der Waals surface area contributed by atoms with Crippen molar-refractivity contribution in [1.29, 1.82) is 0 Å². The second kappa shape index (κ2) is 10.8. The molecule has 1 fully saturated rings. The van der Waals surface area contributed by atoms with Gasteiger partial charge in [0.25, 0.3) is 0 Å². The Balaban J connectivity index is 1.46. The molecular formula is C30H32N6OS. The number of rotatable bonds is 7. The van der Waals surface area contributed by atoms with E-state index >= 15 is 0 Å². The summed E-state index contributed by atoms with van der Waals surface area (Å²) in [5, 5.41) is 7.19. The van der Waals surface area contributed by atoms with Crippen LogP contribution in [0.15, 0.2) is 73.1 Å². The molecule has 0 bridgehead atoms. The first kappa shape index (κ1) is 25.6. The van der Waals surface area contributed by atoms with Crippen LogP contribution < -0.4 is 10.6 Å². The fourth-order valence-corrected chi connectivity index (χ4v) is 5.55. The summed E-state index contributed by atoms with van der Waals surface area (Å²) in [6.45, 7) is 8.69. The van der Waals surface area contributed by atoms with E-state index in [2.05, 4.69) is 50.0 Å². The minimum Gasteiger partial charge on any atom is -0.352 e. The van der Waals surface area contributed by atoms with Crippen molar-refractivity contribution in [3.05, 3.63) is 107 Å². The number of aryl methyl sites for hydroxylation is 3. The first-order valence-electron chi connectivity index (χ1n) is 12.8. The van der Waals surface area contributed by atoms with Crippen molar-refractivity contribution in [2.45, 2.75) is 46.2 Å². The van der Waals surface area contributed by atoms with E-state index in [1.165, 1.54) is 0 Å². The van der Waals surface area contributed by atoms with Gasteiger partial charge in [-0.3, -0.25) is 9.78 Å². The van der Waals surface area contributed by atoms with E-state index in [1.807, 2.05) is 68.4 Å². The van der Waals surface area contributed by atoms with Gasteiger partial charge in [0, 0.05) is 42.4 Å². The monoisotopic (exact) mass is 524 g/mol. The Morgan fingerprint density at radius 2 is 1.76 bits per heavy atom. The lowest BCUT2D eigenvalue weighted by Gasteiger charge is -2.28. The van der Waals surface area contributed by atoms with E-state index in [0.29, 0.717) is 18.1 Å². The van der Waals surface area contributed by atoms with E-state index in [0.717, 1.165) is 45.3 Å². The van der Waals surface area contributed by atoms with Crippen LogP contribution in [0.1, 0.15) is 52.3 Å². The lowest BCUT2D eigenvalue weighted by molar-refractivity contribution is -0.116. The predicted molar refractivity (Wildman–Crippen MR) is 154 cm³/mol. The van der Waals surface area contributed by atoms with Crippen molar-refractivity contribution >= 4 is 28.9 Å². The average molecular weight is 525 g/mol. The molecule has 7 nitrogen and oxygen atoms in total. The van der Waals surface area contributed by atoms with Crippen LogP contribution in [0, 0.1) is 27.7 Å². The maximum Gasteiger partial charge on any atom is 0.226 e. The zero-order valence-corrected chi connectivity index (χ0v) is 22.9. The largest absolute Gasteiger partial charge is 0.352 e. The molecule has 1 aliphatic rings. The van der Waals surface area contributed by atoms with Crippen LogP contribution in [0.2, 0.25) is 0 Å². The van der Waals surface area contributed by atoms with Gasteiger partial charge in [-0.05, 0) is 93.0 Å². The summed E-state index contributed by atoms with van der Waals surface area (Å²) >= 11 is 5.83. The molecule has 8 heteroatoms. The van der Waals surface area contributed by atoms with Crippen LogP contribution >= 0.6 is 12.2 Å². The highest BCUT2D eigenvalue weighted by molar-refractivity contribution is 7.80. The zero-order valence-electron chi connectivity index (χ0n) is 22.1. The molecule has 1 amide bonds. The van der Waals surface area contributed by atoms with E-state index in [9.17, 15) is 4.79 Å². The summed E-state index contributed by atoms with van der Waals surface area (Å²) in [4.78, 5) is 24.4. The molecule has 4 heterocycles. The number of carbonyl (C=O) groups excluding carboxylic acids is 1. The Kier molecular flexibility index (Phi) is 7.24. The first-order valence-corrected chi connectivity index (χ1v) is 13.2. The molecule has 0 radical (unpaired) electrons. The summed E-state index contributed by atoms with van der Waals surface area (Å²) in [7, 11) is 0. The molecule has 2 unspecified atom stereocenters. The highest BCUT2D eigenvalue weighted by Gasteiger charge is 2.41. The molecule has 194 valence electrons. The minimum absolute atomic E-state index is 0.0412. The van der Waals surface area contributed by atoms with Crippen LogP contribution in [0.5, 0.6) is 0 Å². The van der Waals surface area contributed by atoms with Crippen molar-refractivity contribution in [3.63, 3.8) is 0 Å². The van der Waals surface area contributed by atoms with E-state index < -0.39 is 0 Å². The first-order chi connectivity index (χ1) is 18.3. The third kappa shape index (κ3) is 5.04. The zero-order chi connectivity index (χ0) is 26.8. The van der Waals surface area contributed by atoms with Crippen LogP contribution in [0.4, 0.5) is 5.69 Å². The summed E-state index contributed by atoms with van der Waals surface area (Å²) in [5.41, 5.74) is 7.20. The summed E-state index contributed by atoms with van der Waals surface area (Å²) in [6.07, 6.45) is 3.91. The number of anilines is 1. The van der Waals surface area contributed by atoms with Crippen LogP contribution in [0.25, 0.3) is 5.82 Å². The molecule has 4 aromatic rings. The standard InChI is InChI=1S/C30H32N6OS/c1-19-11-12-20(2)25(17-19)33-27(37)13-16-35-29(28(34-30(35)38)24-9-5-7-14-31-24)23-18-21(3)36(22(23)4)26-10-6-8-15-32-26/h5-12,14-15,17-18,28-29H,13,16H2,1-4H3,(H,33,37)(H,34,38). The molecule has 2 atom stereocenters. The molecule has 38 heavy (non-hydrogen) atoms. The average Bonchev–Trinajstić information content (AvgIpc) is 3.40. The van der Waals surface area contributed by atoms with Gasteiger partial charge in [-0.25, -0.2) is 4.98 Å². The molecule has 1 aliphatic heterocycles. The Labute approximate surface area is 228 Å². The fourth-order valence-electron chi connectivity index (χ4n) is 5.22. The van der Waals surface area contributed by atoms with Crippen molar-refractivity contribution in [2.24, 2.45) is 0 Å². The van der Waals surface area contributed by atoms with E-state index in [1.54, 1.807) is 12.4 Å².